The van der Waals surface area contributed by atoms with Crippen molar-refractivity contribution in [3.63, 3.8) is 0 Å². The molecule has 0 saturated carbocycles. The molecule has 10 amide bonds. The van der Waals surface area contributed by atoms with E-state index < -0.39 is 126 Å². The average Bonchev–Trinajstić information content (AvgIpc) is 0.854. The van der Waals surface area contributed by atoms with Crippen LogP contribution >= 0.6 is 0 Å². The summed E-state index contributed by atoms with van der Waals surface area (Å²) in [6, 6.07) is 29.2. The van der Waals surface area contributed by atoms with E-state index in [1.165, 1.54) is 6.92 Å². The summed E-state index contributed by atoms with van der Waals surface area (Å²) in [4.78, 5) is 149. The topological polar surface area (TPSA) is 484 Å². The number of rotatable bonds is 39. The van der Waals surface area contributed by atoms with Gasteiger partial charge in [-0.1, -0.05) is 127 Å². The Morgan fingerprint density at radius 2 is 0.851 bits per heavy atom. The molecule has 0 saturated heterocycles. The number of benzene rings is 5. The van der Waals surface area contributed by atoms with Crippen molar-refractivity contribution in [2.75, 3.05) is 45.8 Å². The van der Waals surface area contributed by atoms with Crippen LogP contribution in [0.4, 0.5) is 0 Å². The van der Waals surface area contributed by atoms with E-state index >= 15 is 0 Å². The maximum atomic E-state index is 14.5. The van der Waals surface area contributed by atoms with E-state index in [1.54, 1.807) is 78.9 Å². The van der Waals surface area contributed by atoms with Crippen molar-refractivity contribution in [1.82, 2.24) is 53.2 Å². The van der Waals surface area contributed by atoms with Crippen molar-refractivity contribution < 1.29 is 57.8 Å². The Labute approximate surface area is 545 Å². The zero-order chi connectivity index (χ0) is 68.5. The van der Waals surface area contributed by atoms with Gasteiger partial charge in [0, 0.05) is 18.5 Å². The van der Waals surface area contributed by atoms with Crippen LogP contribution in [0.25, 0.3) is 22.3 Å². The summed E-state index contributed by atoms with van der Waals surface area (Å²) in [6.45, 7) is 0.100. The summed E-state index contributed by atoms with van der Waals surface area (Å²) in [6.07, 6.45) is -1.60. The lowest BCUT2D eigenvalue weighted by molar-refractivity contribution is -0.135. The molecule has 94 heavy (non-hydrogen) atoms. The summed E-state index contributed by atoms with van der Waals surface area (Å²) in [5.41, 5.74) is 39.8. The first kappa shape index (κ1) is 74.9. The van der Waals surface area contributed by atoms with Crippen molar-refractivity contribution in [2.45, 2.75) is 112 Å². The number of nitrogens with one attached hydrogen (secondary N) is 10. The highest BCUT2D eigenvalue weighted by molar-refractivity contribution is 6.00. The van der Waals surface area contributed by atoms with E-state index in [1.807, 2.05) is 60.7 Å². The van der Waals surface area contributed by atoms with Crippen LogP contribution in [0.2, 0.25) is 0 Å². The molecule has 5 aromatic rings. The number of hydrogen-bond acceptors (Lipinski definition) is 18. The van der Waals surface area contributed by atoms with Crippen LogP contribution in [0.15, 0.2) is 140 Å². The number of aliphatic hydroxyl groups is 1. The predicted molar refractivity (Wildman–Crippen MR) is 352 cm³/mol. The normalized spacial score (nSPS) is 14.2. The molecule has 0 radical (unpaired) electrons. The zero-order valence-electron chi connectivity index (χ0n) is 52.4. The smallest absolute Gasteiger partial charge is 0.251 e. The van der Waals surface area contributed by atoms with Gasteiger partial charge in [0.2, 0.25) is 53.2 Å². The molecule has 28 nitrogen and oxygen atoms in total. The second kappa shape index (κ2) is 39.6. The molecule has 0 aliphatic rings. The Hall–Kier alpha value is -9.81. The molecular weight excluding hydrogens is 1210 g/mol. The minimum Gasteiger partial charge on any atom is -0.391 e. The van der Waals surface area contributed by atoms with Crippen molar-refractivity contribution >= 4 is 65.4 Å². The van der Waals surface area contributed by atoms with Gasteiger partial charge in [-0.3, -0.25) is 47.9 Å². The van der Waals surface area contributed by atoms with E-state index in [-0.39, 0.29) is 89.8 Å². The van der Waals surface area contributed by atoms with E-state index in [2.05, 4.69) is 53.2 Å². The van der Waals surface area contributed by atoms with Crippen LogP contribution in [0.5, 0.6) is 0 Å². The van der Waals surface area contributed by atoms with E-state index in [0.29, 0.717) is 17.4 Å². The van der Waals surface area contributed by atoms with E-state index in [9.17, 15) is 57.8 Å². The largest absolute Gasteiger partial charge is 0.391 e. The maximum absolute atomic E-state index is 14.5. The lowest BCUT2D eigenvalue weighted by Gasteiger charge is -2.27. The number of aliphatic hydroxyl groups excluding tert-OH is 1. The Morgan fingerprint density at radius 1 is 0.426 bits per heavy atom. The Kier molecular flexibility index (Phi) is 31.5. The van der Waals surface area contributed by atoms with Crippen molar-refractivity contribution in [3.8, 4) is 22.3 Å². The molecule has 10 unspecified atom stereocenters. The number of carbonyl (C=O) groups is 11. The molecule has 5 aromatic carbocycles. The SMILES string of the molecule is CC(O)C(NC(=O)C(CCN)NC(=O)c1ccc(-c2ccccc2)cc1)C(=O)NC(CCN)C(=O)NC(C=O)CCNC(=O)CNC(=O)C(CCN)NC(=O)C(CCN)NC(=O)C(NC(=O)C(Cc1ccccc1)NC(=O)C(N)CCN)c1ccc(-c2ccccc2)cc1. The summed E-state index contributed by atoms with van der Waals surface area (Å²) < 4.78 is 0. The quantitative estimate of drug-likeness (QED) is 0.0179. The molecular formula is C66H88N16O12. The van der Waals surface area contributed by atoms with Crippen LogP contribution in [0.1, 0.15) is 73.0 Å². The highest BCUT2D eigenvalue weighted by Gasteiger charge is 2.35. The minimum atomic E-state index is -1.64. The molecule has 0 bridgehead atoms. The fourth-order valence-electron chi connectivity index (χ4n) is 9.74. The first-order chi connectivity index (χ1) is 45.2. The highest BCUT2D eigenvalue weighted by Crippen LogP contribution is 2.24. The van der Waals surface area contributed by atoms with Crippen LogP contribution < -0.4 is 87.6 Å². The summed E-state index contributed by atoms with van der Waals surface area (Å²) >= 11 is 0. The van der Waals surface area contributed by atoms with Crippen LogP contribution in [-0.2, 0) is 54.4 Å². The van der Waals surface area contributed by atoms with Gasteiger partial charge < -0.3 is 97.5 Å². The average molecular weight is 1300 g/mol. The highest BCUT2D eigenvalue weighted by atomic mass is 16.3. The first-order valence-electron chi connectivity index (χ1n) is 31.0. The van der Waals surface area contributed by atoms with Crippen molar-refractivity contribution in [2.24, 2.45) is 34.4 Å². The zero-order valence-corrected chi connectivity index (χ0v) is 52.4. The lowest BCUT2D eigenvalue weighted by Crippen LogP contribution is -2.60. The number of hydrogen-bond donors (Lipinski definition) is 17. The first-order valence-corrected chi connectivity index (χ1v) is 31.0. The fraction of sp³-hybridized carbons (Fsp3) is 0.379. The van der Waals surface area contributed by atoms with Gasteiger partial charge in [-0.15, -0.1) is 0 Å². The van der Waals surface area contributed by atoms with Gasteiger partial charge in [-0.25, -0.2) is 0 Å². The Balaban J connectivity index is 1.16. The molecule has 0 aromatic heterocycles. The minimum absolute atomic E-state index is 0.0120. The third-order valence-corrected chi connectivity index (χ3v) is 15.0. The third kappa shape index (κ3) is 24.0. The predicted octanol–water partition coefficient (Wildman–Crippen LogP) is -2.60. The van der Waals surface area contributed by atoms with E-state index in [4.69, 9.17) is 34.4 Å². The second-order valence-electron chi connectivity index (χ2n) is 22.2. The van der Waals surface area contributed by atoms with E-state index in [0.717, 1.165) is 22.3 Å². The lowest BCUT2D eigenvalue weighted by atomic mass is 9.98. The van der Waals surface area contributed by atoms with Gasteiger partial charge in [-0.2, -0.15) is 0 Å². The van der Waals surface area contributed by atoms with Gasteiger partial charge in [0.1, 0.15) is 48.6 Å². The monoisotopic (exact) mass is 1300 g/mol. The molecule has 0 heterocycles. The van der Waals surface area contributed by atoms with Gasteiger partial charge in [0.05, 0.1) is 24.7 Å². The summed E-state index contributed by atoms with van der Waals surface area (Å²) in [7, 11) is 0. The van der Waals surface area contributed by atoms with Crippen LogP contribution in [0.3, 0.4) is 0 Å². The Morgan fingerprint density at radius 3 is 1.36 bits per heavy atom. The molecule has 0 fully saturated rings. The standard InChI is InChI=1S/C66H88N16O12/c1-40(84)56(81-63(91)53(29-35-71)76-58(86)47-23-19-45(20-24-47)43-15-9-4-10-16-43)65(93)78-51(27-33-69)61(89)75-48(39-83)30-36-73-55(85)38-74-60(88)50(26-32-68)77-62(90)52(28-34-70)79-66(94)57(46-21-17-44(18-22-46)42-13-7-3-8-14-42)82-64(92)54(37-41-11-5-2-6-12-41)80-59(87)49(72)25-31-67/h2-24,39-40,48-54,56-57,84H,25-38,67-72H2,1H3,(H,73,85)(H,74,88)(H,75,89)(H,76,86)(H,77,90)(H,78,93)(H,79,94)(H,80,87)(H,81,91)(H,82,92). The van der Waals surface area contributed by atoms with Gasteiger partial charge in [0.25, 0.3) is 5.91 Å². The fourth-order valence-corrected chi connectivity index (χ4v) is 9.74. The van der Waals surface area contributed by atoms with Gasteiger partial charge in [0.15, 0.2) is 0 Å². The van der Waals surface area contributed by atoms with Crippen molar-refractivity contribution in [3.05, 3.63) is 156 Å². The van der Waals surface area contributed by atoms with Crippen molar-refractivity contribution in [1.29, 1.82) is 0 Å². The molecule has 504 valence electrons. The maximum Gasteiger partial charge on any atom is 0.251 e. The number of amides is 10. The molecule has 28 heteroatoms. The third-order valence-electron chi connectivity index (χ3n) is 15.0. The summed E-state index contributed by atoms with van der Waals surface area (Å²) in [5, 5.41) is 36.3. The molecule has 23 N–H and O–H groups in total. The molecule has 0 aliphatic heterocycles. The van der Waals surface area contributed by atoms with Crippen LogP contribution in [0, 0.1) is 0 Å². The molecule has 10 atom stereocenters. The van der Waals surface area contributed by atoms with Gasteiger partial charge in [-0.05, 0) is 124 Å². The number of carbonyl (C=O) groups excluding carboxylic acids is 11. The van der Waals surface area contributed by atoms with Gasteiger partial charge >= 0.3 is 0 Å². The molecule has 0 spiro atoms. The summed E-state index contributed by atoms with van der Waals surface area (Å²) in [5.74, 6) is -7.99. The number of aldehydes is 1. The Bertz CT molecular complexity index is 3280. The second-order valence-corrected chi connectivity index (χ2v) is 22.2. The molecule has 5 rings (SSSR count). The van der Waals surface area contributed by atoms with Crippen LogP contribution in [-0.4, -0.2) is 171 Å². The molecule has 0 aliphatic carbocycles. The number of nitrogens with two attached hydrogens (primary N) is 6.